The van der Waals surface area contributed by atoms with E-state index in [1.165, 1.54) is 18.6 Å². The maximum atomic E-state index is 13.2. The van der Waals surface area contributed by atoms with Crippen LogP contribution < -0.4 is 10.2 Å². The molecule has 2 saturated heterocycles. The molecule has 1 unspecified atom stereocenters. The normalized spacial score (nSPS) is 18.5. The summed E-state index contributed by atoms with van der Waals surface area (Å²) in [6.45, 7) is 4.69. The number of nitro benzene ring substituents is 1. The number of furan rings is 1. The topological polar surface area (TPSA) is 101 Å². The molecule has 2 aliphatic heterocycles. The second-order valence-electron chi connectivity index (χ2n) is 7.90. The molecule has 0 radical (unpaired) electrons. The van der Waals surface area contributed by atoms with Gasteiger partial charge in [-0.15, -0.1) is 0 Å². The number of hydrogen-bond donors (Lipinski definition) is 1. The third kappa shape index (κ3) is 5.05. The third-order valence-corrected chi connectivity index (χ3v) is 5.95. The van der Waals surface area contributed by atoms with Crippen LogP contribution in [0.5, 0.6) is 0 Å². The number of ether oxygens (including phenoxy) is 1. The number of rotatable bonds is 7. The summed E-state index contributed by atoms with van der Waals surface area (Å²) < 4.78 is 11.1. The van der Waals surface area contributed by atoms with Gasteiger partial charge in [0.1, 0.15) is 5.76 Å². The highest BCUT2D eigenvalue weighted by Gasteiger charge is 2.27. The monoisotopic (exact) mass is 428 g/mol. The van der Waals surface area contributed by atoms with Crippen LogP contribution in [-0.4, -0.2) is 61.7 Å². The SMILES string of the molecule is O=C(NCC(c1ccco1)N1CCCCC1)c1cc([N+](=O)[O-])ccc1N1CCOCC1. The minimum absolute atomic E-state index is 0.0650. The van der Waals surface area contributed by atoms with E-state index in [2.05, 4.69) is 10.2 Å². The molecule has 0 spiro atoms. The van der Waals surface area contributed by atoms with Crippen molar-refractivity contribution in [3.05, 3.63) is 58.0 Å². The van der Waals surface area contributed by atoms with E-state index in [9.17, 15) is 14.9 Å². The molecule has 3 heterocycles. The summed E-state index contributed by atoms with van der Waals surface area (Å²) in [6.07, 6.45) is 5.10. The highest BCUT2D eigenvalue weighted by molar-refractivity contribution is 6.00. The molecule has 2 aliphatic rings. The summed E-state index contributed by atoms with van der Waals surface area (Å²) in [4.78, 5) is 28.4. The Hall–Kier alpha value is -2.91. The van der Waals surface area contributed by atoms with E-state index in [4.69, 9.17) is 9.15 Å². The number of amides is 1. The Bertz CT molecular complexity index is 889. The van der Waals surface area contributed by atoms with Crippen LogP contribution in [0.4, 0.5) is 11.4 Å². The summed E-state index contributed by atoms with van der Waals surface area (Å²) in [5.74, 6) is 0.494. The molecule has 1 N–H and O–H groups in total. The number of piperidine rings is 1. The Morgan fingerprint density at radius 2 is 1.90 bits per heavy atom. The molecule has 2 aromatic rings. The number of nitrogens with zero attached hydrogens (tertiary/aromatic N) is 3. The van der Waals surface area contributed by atoms with Gasteiger partial charge in [-0.25, -0.2) is 0 Å². The van der Waals surface area contributed by atoms with Gasteiger partial charge >= 0.3 is 0 Å². The van der Waals surface area contributed by atoms with Crippen molar-refractivity contribution >= 4 is 17.3 Å². The molecule has 1 amide bonds. The first-order valence-corrected chi connectivity index (χ1v) is 10.8. The summed E-state index contributed by atoms with van der Waals surface area (Å²) in [6, 6.07) is 8.19. The number of anilines is 1. The Morgan fingerprint density at radius 1 is 1.13 bits per heavy atom. The maximum absolute atomic E-state index is 13.2. The van der Waals surface area contributed by atoms with Crippen LogP contribution in [0.3, 0.4) is 0 Å². The lowest BCUT2D eigenvalue weighted by atomic mass is 10.1. The van der Waals surface area contributed by atoms with Gasteiger partial charge in [0.05, 0.1) is 41.7 Å². The molecule has 1 atom stereocenters. The zero-order chi connectivity index (χ0) is 21.6. The zero-order valence-electron chi connectivity index (χ0n) is 17.5. The van der Waals surface area contributed by atoms with Gasteiger partial charge in [-0.05, 0) is 44.1 Å². The fraction of sp³-hybridized carbons (Fsp3) is 0.500. The van der Waals surface area contributed by atoms with Crippen LogP contribution in [0.15, 0.2) is 41.0 Å². The minimum Gasteiger partial charge on any atom is -0.468 e. The lowest BCUT2D eigenvalue weighted by Crippen LogP contribution is -2.41. The van der Waals surface area contributed by atoms with E-state index in [1.54, 1.807) is 12.3 Å². The third-order valence-electron chi connectivity index (χ3n) is 5.95. The fourth-order valence-electron chi connectivity index (χ4n) is 4.30. The largest absolute Gasteiger partial charge is 0.468 e. The van der Waals surface area contributed by atoms with Crippen molar-refractivity contribution in [2.24, 2.45) is 0 Å². The van der Waals surface area contributed by atoms with E-state index in [0.717, 1.165) is 31.7 Å². The minimum atomic E-state index is -0.473. The van der Waals surface area contributed by atoms with E-state index in [-0.39, 0.29) is 17.6 Å². The summed E-state index contributed by atoms with van der Waals surface area (Å²) >= 11 is 0. The van der Waals surface area contributed by atoms with Crippen LogP contribution in [0.1, 0.15) is 41.4 Å². The number of carbonyl (C=O) groups is 1. The van der Waals surface area contributed by atoms with Crippen LogP contribution in [-0.2, 0) is 4.74 Å². The molecular weight excluding hydrogens is 400 g/mol. The van der Waals surface area contributed by atoms with Gasteiger partial charge in [0, 0.05) is 31.8 Å². The van der Waals surface area contributed by atoms with Gasteiger partial charge in [-0.2, -0.15) is 0 Å². The van der Waals surface area contributed by atoms with Gasteiger partial charge in [0.2, 0.25) is 0 Å². The Morgan fingerprint density at radius 3 is 2.58 bits per heavy atom. The predicted octanol–water partition coefficient (Wildman–Crippen LogP) is 2.98. The molecule has 0 bridgehead atoms. The Balaban J connectivity index is 1.54. The molecule has 0 saturated carbocycles. The molecular formula is C22H28N4O5. The van der Waals surface area contributed by atoms with Gasteiger partial charge in [0.25, 0.3) is 11.6 Å². The quantitative estimate of drug-likeness (QED) is 0.534. The van der Waals surface area contributed by atoms with Gasteiger partial charge < -0.3 is 19.4 Å². The van der Waals surface area contributed by atoms with E-state index in [0.29, 0.717) is 44.1 Å². The molecule has 4 rings (SSSR count). The van der Waals surface area contributed by atoms with Crippen LogP contribution in [0.2, 0.25) is 0 Å². The molecule has 0 aliphatic carbocycles. The molecule has 9 heteroatoms. The number of carbonyl (C=O) groups excluding carboxylic acids is 1. The first-order valence-electron chi connectivity index (χ1n) is 10.8. The smallest absolute Gasteiger partial charge is 0.270 e. The van der Waals surface area contributed by atoms with Gasteiger partial charge in [-0.1, -0.05) is 6.42 Å². The average molecular weight is 428 g/mol. The number of nitro groups is 1. The first-order chi connectivity index (χ1) is 15.1. The average Bonchev–Trinajstić information content (AvgIpc) is 3.34. The lowest BCUT2D eigenvalue weighted by molar-refractivity contribution is -0.384. The van der Waals surface area contributed by atoms with E-state index < -0.39 is 4.92 Å². The molecule has 2 fully saturated rings. The van der Waals surface area contributed by atoms with Gasteiger partial charge in [0.15, 0.2) is 0 Å². The van der Waals surface area contributed by atoms with Crippen LogP contribution in [0.25, 0.3) is 0 Å². The number of nitrogens with one attached hydrogen (secondary N) is 1. The van der Waals surface area contributed by atoms with E-state index >= 15 is 0 Å². The second kappa shape index (κ2) is 9.93. The molecule has 166 valence electrons. The number of morpholine rings is 1. The maximum Gasteiger partial charge on any atom is 0.270 e. The summed E-state index contributed by atoms with van der Waals surface area (Å²) in [7, 11) is 0. The predicted molar refractivity (Wildman–Crippen MR) is 115 cm³/mol. The molecule has 1 aromatic carbocycles. The molecule has 31 heavy (non-hydrogen) atoms. The lowest BCUT2D eigenvalue weighted by Gasteiger charge is -2.33. The summed E-state index contributed by atoms with van der Waals surface area (Å²) in [5.41, 5.74) is 0.910. The standard InChI is InChI=1S/C22H28N4O5/c27-22(23-16-20(21-5-4-12-31-21)24-8-2-1-3-9-24)18-15-17(26(28)29)6-7-19(18)25-10-13-30-14-11-25/h4-7,12,15,20H,1-3,8-11,13-14,16H2,(H,23,27). The van der Waals surface area contributed by atoms with Crippen molar-refractivity contribution in [2.75, 3.05) is 50.8 Å². The van der Waals surface area contributed by atoms with Crippen molar-refractivity contribution in [3.63, 3.8) is 0 Å². The highest BCUT2D eigenvalue weighted by Crippen LogP contribution is 2.28. The highest BCUT2D eigenvalue weighted by atomic mass is 16.6. The number of non-ortho nitro benzene ring substituents is 1. The van der Waals surface area contributed by atoms with E-state index in [1.807, 2.05) is 17.0 Å². The number of likely N-dealkylation sites (tertiary alicyclic amines) is 1. The van der Waals surface area contributed by atoms with Crippen LogP contribution in [0, 0.1) is 10.1 Å². The number of benzene rings is 1. The Kier molecular flexibility index (Phi) is 6.83. The first kappa shape index (κ1) is 21.3. The number of hydrogen-bond acceptors (Lipinski definition) is 7. The van der Waals surface area contributed by atoms with Crippen LogP contribution >= 0.6 is 0 Å². The summed E-state index contributed by atoms with van der Waals surface area (Å²) in [5, 5.41) is 14.3. The Labute approximate surface area is 181 Å². The van der Waals surface area contributed by atoms with Crippen molar-refractivity contribution in [1.29, 1.82) is 0 Å². The fourth-order valence-corrected chi connectivity index (χ4v) is 4.30. The van der Waals surface area contributed by atoms with Crippen molar-refractivity contribution in [3.8, 4) is 0 Å². The van der Waals surface area contributed by atoms with Crippen molar-refractivity contribution < 1.29 is 18.9 Å². The molecule has 1 aromatic heterocycles. The van der Waals surface area contributed by atoms with Crippen molar-refractivity contribution in [1.82, 2.24) is 10.2 Å². The van der Waals surface area contributed by atoms with Gasteiger partial charge in [-0.3, -0.25) is 19.8 Å². The second-order valence-corrected chi connectivity index (χ2v) is 7.90. The molecule has 9 nitrogen and oxygen atoms in total. The van der Waals surface area contributed by atoms with Crippen molar-refractivity contribution in [2.45, 2.75) is 25.3 Å². The zero-order valence-corrected chi connectivity index (χ0v) is 17.5.